The van der Waals surface area contributed by atoms with Gasteiger partial charge in [0.25, 0.3) is 0 Å². The molecule has 0 heterocycles. The summed E-state index contributed by atoms with van der Waals surface area (Å²) in [7, 11) is -3.39. The lowest BCUT2D eigenvalue weighted by atomic mass is 10.2. The van der Waals surface area contributed by atoms with Crippen LogP contribution >= 0.6 is 0 Å². The molecule has 28 heavy (non-hydrogen) atoms. The van der Waals surface area contributed by atoms with E-state index in [0.717, 1.165) is 6.26 Å². The number of sulfonamides is 1. The molecule has 1 aromatic rings. The molecule has 0 aliphatic carbocycles. The quantitative estimate of drug-likeness (QED) is 0.356. The second-order valence-corrected chi connectivity index (χ2v) is 8.42. The van der Waals surface area contributed by atoms with Gasteiger partial charge in [0.1, 0.15) is 18.2 Å². The molecule has 0 fully saturated rings. The number of aliphatic hydroxyl groups excluding tert-OH is 1. The Morgan fingerprint density at radius 3 is 2.54 bits per heavy atom. The van der Waals surface area contributed by atoms with Crippen LogP contribution in [0.2, 0.25) is 0 Å². The van der Waals surface area contributed by atoms with Crippen molar-refractivity contribution in [2.45, 2.75) is 38.2 Å². The average molecular weight is 417 g/mol. The predicted octanol–water partition coefficient (Wildman–Crippen LogP) is 2.42. The Morgan fingerprint density at radius 2 is 1.93 bits per heavy atom. The van der Waals surface area contributed by atoms with Crippen molar-refractivity contribution in [2.75, 3.05) is 26.0 Å². The molecular weight excluding hydrogens is 389 g/mol. The monoisotopic (exact) mass is 417 g/mol. The second-order valence-electron chi connectivity index (χ2n) is 6.44. The number of benzene rings is 1. The van der Waals surface area contributed by atoms with E-state index >= 15 is 0 Å². The number of rotatable bonds is 14. The van der Waals surface area contributed by atoms with Crippen LogP contribution in [-0.4, -0.2) is 61.0 Å². The largest absolute Gasteiger partial charge is 0.491 e. The van der Waals surface area contributed by atoms with Gasteiger partial charge in [-0.05, 0) is 49.9 Å². The summed E-state index contributed by atoms with van der Waals surface area (Å²) in [6.45, 7) is 0.494. The average Bonchev–Trinajstić information content (AvgIpc) is 2.61. The van der Waals surface area contributed by atoms with Crippen molar-refractivity contribution in [1.82, 2.24) is 4.31 Å². The Labute approximate surface area is 165 Å². The Kier molecular flexibility index (Phi) is 10.7. The molecule has 158 valence electrons. The smallest absolute Gasteiger partial charge is 0.303 e. The van der Waals surface area contributed by atoms with Gasteiger partial charge in [-0.15, -0.1) is 0 Å². The van der Waals surface area contributed by atoms with Gasteiger partial charge in [-0.25, -0.2) is 12.8 Å². The lowest BCUT2D eigenvalue weighted by Crippen LogP contribution is -2.32. The third-order valence-electron chi connectivity index (χ3n) is 3.91. The molecule has 0 spiro atoms. The zero-order valence-corrected chi connectivity index (χ0v) is 16.8. The van der Waals surface area contributed by atoms with Crippen LogP contribution in [0.15, 0.2) is 36.4 Å². The molecule has 0 aliphatic rings. The third-order valence-corrected chi connectivity index (χ3v) is 5.18. The van der Waals surface area contributed by atoms with Crippen LogP contribution in [0.5, 0.6) is 5.75 Å². The molecule has 0 aliphatic heterocycles. The Hall–Kier alpha value is -1.97. The van der Waals surface area contributed by atoms with E-state index in [1.807, 2.05) is 0 Å². The first-order chi connectivity index (χ1) is 13.2. The number of ether oxygens (including phenoxy) is 1. The van der Waals surface area contributed by atoms with Gasteiger partial charge in [-0.3, -0.25) is 4.79 Å². The molecule has 0 radical (unpaired) electrons. The van der Waals surface area contributed by atoms with Crippen molar-refractivity contribution < 1.29 is 32.6 Å². The summed E-state index contributed by atoms with van der Waals surface area (Å²) in [5.41, 5.74) is 0. The number of carbonyl (C=O) groups is 1. The van der Waals surface area contributed by atoms with E-state index in [9.17, 15) is 22.7 Å². The summed E-state index contributed by atoms with van der Waals surface area (Å²) < 4.78 is 43.2. The first-order valence-electron chi connectivity index (χ1n) is 9.07. The van der Waals surface area contributed by atoms with Crippen LogP contribution in [0, 0.1) is 5.82 Å². The van der Waals surface area contributed by atoms with Gasteiger partial charge in [0, 0.05) is 19.5 Å². The zero-order chi connectivity index (χ0) is 21.0. The van der Waals surface area contributed by atoms with E-state index in [1.165, 1.54) is 28.6 Å². The van der Waals surface area contributed by atoms with Gasteiger partial charge >= 0.3 is 5.97 Å². The molecule has 0 aromatic heterocycles. The minimum Gasteiger partial charge on any atom is -0.491 e. The SMILES string of the molecule is CS(=O)(=O)N(CC=CCCCC(=O)O)CCCC(O)COc1ccc(F)cc1. The van der Waals surface area contributed by atoms with Gasteiger partial charge in [0.15, 0.2) is 0 Å². The van der Waals surface area contributed by atoms with Crippen molar-refractivity contribution >= 4 is 16.0 Å². The molecule has 0 amide bonds. The van der Waals surface area contributed by atoms with Gasteiger partial charge < -0.3 is 14.9 Å². The Bertz CT molecular complexity index is 720. The topological polar surface area (TPSA) is 104 Å². The predicted molar refractivity (Wildman–Crippen MR) is 104 cm³/mol. The molecule has 9 heteroatoms. The summed E-state index contributed by atoms with van der Waals surface area (Å²) in [5.74, 6) is -0.774. The van der Waals surface area contributed by atoms with Crippen LogP contribution in [0.4, 0.5) is 4.39 Å². The molecule has 0 saturated heterocycles. The number of carboxylic acids is 1. The molecular formula is C19H28FNO6S. The van der Waals surface area contributed by atoms with E-state index in [1.54, 1.807) is 12.2 Å². The van der Waals surface area contributed by atoms with Gasteiger partial charge in [-0.2, -0.15) is 4.31 Å². The second kappa shape index (κ2) is 12.5. The first kappa shape index (κ1) is 24.1. The number of aliphatic hydroxyl groups is 1. The maximum absolute atomic E-state index is 12.8. The first-order valence-corrected chi connectivity index (χ1v) is 10.9. The molecule has 0 bridgehead atoms. The standard InChI is InChI=1S/C19H28FNO6S/c1-28(25,26)21(13-5-3-2-4-8-19(23)24)14-6-7-17(22)15-27-18-11-9-16(20)10-12-18/h3,5,9-12,17,22H,2,4,6-8,13-15H2,1H3,(H,23,24). The zero-order valence-electron chi connectivity index (χ0n) is 16.0. The van der Waals surface area contributed by atoms with E-state index in [2.05, 4.69) is 0 Å². The Morgan fingerprint density at radius 1 is 1.25 bits per heavy atom. The highest BCUT2D eigenvalue weighted by Crippen LogP contribution is 2.12. The number of halogens is 1. The van der Waals surface area contributed by atoms with E-state index in [0.29, 0.717) is 31.4 Å². The van der Waals surface area contributed by atoms with Crippen molar-refractivity contribution in [3.05, 3.63) is 42.2 Å². The fourth-order valence-corrected chi connectivity index (χ4v) is 3.20. The van der Waals surface area contributed by atoms with E-state index in [-0.39, 0.29) is 31.9 Å². The van der Waals surface area contributed by atoms with Crippen molar-refractivity contribution in [2.24, 2.45) is 0 Å². The van der Waals surface area contributed by atoms with Crippen molar-refractivity contribution in [3.63, 3.8) is 0 Å². The number of unbranched alkanes of at least 4 members (excludes halogenated alkanes) is 1. The highest BCUT2D eigenvalue weighted by molar-refractivity contribution is 7.88. The number of nitrogens with zero attached hydrogens (tertiary/aromatic N) is 1. The van der Waals surface area contributed by atoms with Crippen LogP contribution in [0.3, 0.4) is 0 Å². The summed E-state index contributed by atoms with van der Waals surface area (Å²) in [6.07, 6.45) is 5.80. The van der Waals surface area contributed by atoms with E-state index < -0.39 is 22.1 Å². The van der Waals surface area contributed by atoms with Crippen LogP contribution in [-0.2, 0) is 14.8 Å². The molecule has 1 unspecified atom stereocenters. The normalized spacial score (nSPS) is 13.1. The number of allylic oxidation sites excluding steroid dienone is 1. The lowest BCUT2D eigenvalue weighted by Gasteiger charge is -2.19. The Balaban J connectivity index is 2.32. The number of aliphatic carboxylic acids is 1. The van der Waals surface area contributed by atoms with Gasteiger partial charge in [-0.1, -0.05) is 12.2 Å². The highest BCUT2D eigenvalue weighted by Gasteiger charge is 2.15. The molecule has 1 atom stereocenters. The third kappa shape index (κ3) is 11.0. The number of hydrogen-bond acceptors (Lipinski definition) is 5. The maximum Gasteiger partial charge on any atom is 0.303 e. The maximum atomic E-state index is 12.8. The molecule has 7 nitrogen and oxygen atoms in total. The van der Waals surface area contributed by atoms with Crippen LogP contribution < -0.4 is 4.74 Å². The van der Waals surface area contributed by atoms with Crippen molar-refractivity contribution in [1.29, 1.82) is 0 Å². The molecule has 0 saturated carbocycles. The number of carboxylic acid groups (broad SMARTS) is 1. The van der Waals surface area contributed by atoms with Crippen LogP contribution in [0.25, 0.3) is 0 Å². The molecule has 1 aromatic carbocycles. The van der Waals surface area contributed by atoms with Crippen LogP contribution in [0.1, 0.15) is 32.1 Å². The number of hydrogen-bond donors (Lipinski definition) is 2. The fourth-order valence-electron chi connectivity index (χ4n) is 2.38. The minimum atomic E-state index is -3.39. The van der Waals surface area contributed by atoms with Crippen molar-refractivity contribution in [3.8, 4) is 5.75 Å². The summed E-state index contributed by atoms with van der Waals surface area (Å²) in [5, 5.41) is 18.5. The fraction of sp³-hybridized carbons (Fsp3) is 0.526. The summed E-state index contributed by atoms with van der Waals surface area (Å²) >= 11 is 0. The van der Waals surface area contributed by atoms with Gasteiger partial charge in [0.2, 0.25) is 10.0 Å². The minimum absolute atomic E-state index is 0.0357. The highest BCUT2D eigenvalue weighted by atomic mass is 32.2. The molecule has 1 rings (SSSR count). The molecule has 2 N–H and O–H groups in total. The van der Waals surface area contributed by atoms with E-state index in [4.69, 9.17) is 9.84 Å². The summed E-state index contributed by atoms with van der Waals surface area (Å²) in [4.78, 5) is 10.4. The lowest BCUT2D eigenvalue weighted by molar-refractivity contribution is -0.137. The summed E-state index contributed by atoms with van der Waals surface area (Å²) in [6, 6.07) is 5.47. The van der Waals surface area contributed by atoms with Gasteiger partial charge in [0.05, 0.1) is 12.4 Å².